The first-order valence-electron chi connectivity index (χ1n) is 9.98. The van der Waals surface area contributed by atoms with E-state index in [4.69, 9.17) is 0 Å². The minimum absolute atomic E-state index is 0. The van der Waals surface area contributed by atoms with Crippen molar-refractivity contribution in [1.82, 2.24) is 15.5 Å². The summed E-state index contributed by atoms with van der Waals surface area (Å²) in [4.78, 5) is 20.4. The van der Waals surface area contributed by atoms with Crippen LogP contribution in [0.4, 0.5) is 5.69 Å². The zero-order valence-corrected chi connectivity index (χ0v) is 20.2. The molecule has 1 heterocycles. The highest BCUT2D eigenvalue weighted by Gasteiger charge is 2.21. The largest absolute Gasteiger partial charge is 0.369 e. The van der Waals surface area contributed by atoms with E-state index >= 15 is 0 Å². The maximum atomic E-state index is 11.9. The zero-order chi connectivity index (χ0) is 19.8. The molecule has 0 radical (unpaired) electrons. The van der Waals surface area contributed by atoms with E-state index in [1.54, 1.807) is 19.0 Å². The molecule has 0 saturated carbocycles. The molecule has 1 amide bonds. The number of aryl methyl sites for hydroxylation is 1. The zero-order valence-electron chi connectivity index (χ0n) is 17.9. The molecule has 2 unspecified atom stereocenters. The number of carbonyl (C=O) groups is 1. The molecule has 1 fully saturated rings. The predicted molar refractivity (Wildman–Crippen MR) is 129 cm³/mol. The fourth-order valence-electron chi connectivity index (χ4n) is 3.03. The minimum Gasteiger partial charge on any atom is -0.369 e. The van der Waals surface area contributed by atoms with Crippen molar-refractivity contribution in [3.8, 4) is 0 Å². The van der Waals surface area contributed by atoms with Crippen molar-refractivity contribution in [2.75, 3.05) is 38.6 Å². The normalized spacial score (nSPS) is 18.1. The van der Waals surface area contributed by atoms with Gasteiger partial charge in [-0.2, -0.15) is 0 Å². The lowest BCUT2D eigenvalue weighted by molar-refractivity contribution is -0.127. The van der Waals surface area contributed by atoms with Crippen molar-refractivity contribution in [2.45, 2.75) is 52.1 Å². The Morgan fingerprint density at radius 3 is 2.61 bits per heavy atom. The van der Waals surface area contributed by atoms with Crippen LogP contribution in [0.2, 0.25) is 0 Å². The van der Waals surface area contributed by atoms with Crippen LogP contribution < -0.4 is 15.5 Å². The van der Waals surface area contributed by atoms with Crippen LogP contribution in [0.15, 0.2) is 29.3 Å². The summed E-state index contributed by atoms with van der Waals surface area (Å²) in [6, 6.07) is 9.33. The highest BCUT2D eigenvalue weighted by Crippen LogP contribution is 2.20. The number of rotatable bonds is 6. The molecule has 6 nitrogen and oxygen atoms in total. The molecule has 0 aromatic heterocycles. The number of benzene rings is 1. The van der Waals surface area contributed by atoms with Gasteiger partial charge in [0.25, 0.3) is 0 Å². The Morgan fingerprint density at radius 2 is 2.00 bits per heavy atom. The van der Waals surface area contributed by atoms with Gasteiger partial charge in [-0.15, -0.1) is 24.0 Å². The number of hydrogen-bond donors (Lipinski definition) is 2. The summed E-state index contributed by atoms with van der Waals surface area (Å²) in [5.41, 5.74) is 2.55. The maximum absolute atomic E-state index is 11.9. The van der Waals surface area contributed by atoms with Crippen molar-refractivity contribution in [3.05, 3.63) is 29.8 Å². The first kappa shape index (κ1) is 24.5. The Morgan fingerprint density at radius 1 is 1.32 bits per heavy atom. The van der Waals surface area contributed by atoms with E-state index in [2.05, 4.69) is 65.6 Å². The molecule has 0 spiro atoms. The van der Waals surface area contributed by atoms with E-state index < -0.39 is 0 Å². The standard InChI is InChI=1S/C21H35N5O.HI/c1-6-17(3)23-21(22-14-20(27)25(4)5)24-18-8-7-13-26(15-18)19-11-9-16(2)10-12-19;/h9-12,17-18H,6-8,13-15H2,1-5H3,(H2,22,23,24);1H. The molecular formula is C21H36IN5O. The number of likely N-dealkylation sites (N-methyl/N-ethyl adjacent to an activating group) is 1. The molecule has 1 aromatic rings. The number of amides is 1. The Hall–Kier alpha value is -1.51. The highest BCUT2D eigenvalue weighted by molar-refractivity contribution is 14.0. The first-order valence-corrected chi connectivity index (χ1v) is 9.98. The summed E-state index contributed by atoms with van der Waals surface area (Å²) in [5, 5.41) is 6.97. The average molecular weight is 501 g/mol. The molecule has 0 bridgehead atoms. The second kappa shape index (κ2) is 12.1. The van der Waals surface area contributed by atoms with E-state index in [0.29, 0.717) is 12.1 Å². The van der Waals surface area contributed by atoms with Gasteiger partial charge in [-0.05, 0) is 45.2 Å². The van der Waals surface area contributed by atoms with E-state index in [1.807, 2.05) is 0 Å². The number of halogens is 1. The van der Waals surface area contributed by atoms with Gasteiger partial charge in [0, 0.05) is 45.0 Å². The van der Waals surface area contributed by atoms with Gasteiger partial charge in [0.05, 0.1) is 0 Å². The summed E-state index contributed by atoms with van der Waals surface area (Å²) >= 11 is 0. The molecule has 1 aromatic carbocycles. The highest BCUT2D eigenvalue weighted by atomic mass is 127. The Kier molecular flexibility index (Phi) is 10.6. The predicted octanol–water partition coefficient (Wildman–Crippen LogP) is 3.00. The number of piperidine rings is 1. The van der Waals surface area contributed by atoms with Crippen LogP contribution in [0.25, 0.3) is 0 Å². The van der Waals surface area contributed by atoms with Crippen molar-refractivity contribution in [3.63, 3.8) is 0 Å². The molecule has 2 atom stereocenters. The Balaban J connectivity index is 0.00000392. The third kappa shape index (κ3) is 7.85. The van der Waals surface area contributed by atoms with Gasteiger partial charge in [0.2, 0.25) is 5.91 Å². The third-order valence-electron chi connectivity index (χ3n) is 5.03. The molecule has 2 rings (SSSR count). The van der Waals surface area contributed by atoms with Gasteiger partial charge < -0.3 is 20.4 Å². The lowest BCUT2D eigenvalue weighted by Gasteiger charge is -2.35. The molecule has 158 valence electrons. The van der Waals surface area contributed by atoms with Gasteiger partial charge in [-0.25, -0.2) is 4.99 Å². The number of carbonyl (C=O) groups excluding carboxylic acids is 1. The van der Waals surface area contributed by atoms with Crippen LogP contribution in [-0.4, -0.2) is 62.6 Å². The number of aliphatic imine (C=N–C) groups is 1. The quantitative estimate of drug-likeness (QED) is 0.358. The number of guanidine groups is 1. The van der Waals surface area contributed by atoms with E-state index in [-0.39, 0.29) is 36.4 Å². The lowest BCUT2D eigenvalue weighted by Crippen LogP contribution is -2.53. The first-order chi connectivity index (χ1) is 12.9. The smallest absolute Gasteiger partial charge is 0.243 e. The number of nitrogens with one attached hydrogen (secondary N) is 2. The van der Waals surface area contributed by atoms with Crippen LogP contribution in [-0.2, 0) is 4.79 Å². The van der Waals surface area contributed by atoms with Crippen molar-refractivity contribution in [1.29, 1.82) is 0 Å². The van der Waals surface area contributed by atoms with Crippen molar-refractivity contribution in [2.24, 2.45) is 4.99 Å². The summed E-state index contributed by atoms with van der Waals surface area (Å²) < 4.78 is 0. The molecule has 28 heavy (non-hydrogen) atoms. The van der Waals surface area contributed by atoms with Gasteiger partial charge in [0.15, 0.2) is 5.96 Å². The third-order valence-corrected chi connectivity index (χ3v) is 5.03. The maximum Gasteiger partial charge on any atom is 0.243 e. The molecule has 7 heteroatoms. The number of anilines is 1. The summed E-state index contributed by atoms with van der Waals surface area (Å²) in [6.07, 6.45) is 3.24. The molecular weight excluding hydrogens is 465 g/mol. The van der Waals surface area contributed by atoms with Gasteiger partial charge >= 0.3 is 0 Å². The van der Waals surface area contributed by atoms with Crippen molar-refractivity contribution >= 4 is 41.5 Å². The van der Waals surface area contributed by atoms with Crippen LogP contribution >= 0.6 is 24.0 Å². The van der Waals surface area contributed by atoms with E-state index in [0.717, 1.165) is 38.3 Å². The van der Waals surface area contributed by atoms with Gasteiger partial charge in [-0.1, -0.05) is 24.6 Å². The van der Waals surface area contributed by atoms with Crippen LogP contribution in [0.1, 0.15) is 38.7 Å². The molecule has 1 aliphatic heterocycles. The second-order valence-electron chi connectivity index (χ2n) is 7.67. The van der Waals surface area contributed by atoms with Crippen LogP contribution in [0.5, 0.6) is 0 Å². The molecule has 1 aliphatic rings. The van der Waals surface area contributed by atoms with E-state index in [9.17, 15) is 4.79 Å². The molecule has 0 aliphatic carbocycles. The number of nitrogens with zero attached hydrogens (tertiary/aromatic N) is 3. The SMILES string of the molecule is CCC(C)NC(=NCC(=O)N(C)C)NC1CCCN(c2ccc(C)cc2)C1.I. The Bertz CT molecular complexity index is 632. The fourth-order valence-corrected chi connectivity index (χ4v) is 3.03. The number of hydrogen-bond acceptors (Lipinski definition) is 3. The second-order valence-corrected chi connectivity index (χ2v) is 7.67. The van der Waals surface area contributed by atoms with Crippen molar-refractivity contribution < 1.29 is 4.79 Å². The summed E-state index contributed by atoms with van der Waals surface area (Å²) in [7, 11) is 3.52. The fraction of sp³-hybridized carbons (Fsp3) is 0.619. The van der Waals surface area contributed by atoms with Crippen LogP contribution in [0.3, 0.4) is 0 Å². The van der Waals surface area contributed by atoms with Gasteiger partial charge in [-0.3, -0.25) is 4.79 Å². The molecule has 1 saturated heterocycles. The minimum atomic E-state index is 0. The molecule has 2 N–H and O–H groups in total. The summed E-state index contributed by atoms with van der Waals surface area (Å²) in [6.45, 7) is 8.55. The van der Waals surface area contributed by atoms with Crippen LogP contribution in [0, 0.1) is 6.92 Å². The monoisotopic (exact) mass is 501 g/mol. The van der Waals surface area contributed by atoms with Gasteiger partial charge in [0.1, 0.15) is 6.54 Å². The average Bonchev–Trinajstić information content (AvgIpc) is 2.66. The van der Waals surface area contributed by atoms with E-state index in [1.165, 1.54) is 11.3 Å². The Labute approximate surface area is 187 Å². The summed E-state index contributed by atoms with van der Waals surface area (Å²) in [5.74, 6) is 0.737. The lowest BCUT2D eigenvalue weighted by atomic mass is 10.0. The topological polar surface area (TPSA) is 60.0 Å².